The predicted molar refractivity (Wildman–Crippen MR) is 82.1 cm³/mol. The molecule has 0 fully saturated rings. The first-order valence-electron chi connectivity index (χ1n) is 7.91. The molecule has 3 heteroatoms. The van der Waals surface area contributed by atoms with Gasteiger partial charge in [-0.05, 0) is 50.4 Å². The van der Waals surface area contributed by atoms with Crippen molar-refractivity contribution in [2.75, 3.05) is 40.9 Å². The summed E-state index contributed by atoms with van der Waals surface area (Å²) in [6.45, 7) is 4.06. The van der Waals surface area contributed by atoms with Gasteiger partial charge in [-0.15, -0.1) is 0 Å². The summed E-state index contributed by atoms with van der Waals surface area (Å²) in [7, 11) is 6.72. The lowest BCUT2D eigenvalue weighted by molar-refractivity contribution is -0.870. The van der Waals surface area contributed by atoms with E-state index in [-0.39, 0.29) is 0 Å². The number of aliphatic hydroxyl groups is 2. The summed E-state index contributed by atoms with van der Waals surface area (Å²) in [5.41, 5.74) is 0.344. The molecule has 0 bridgehead atoms. The number of unbranched alkanes of at least 4 members (excludes halogenated alkanes) is 1. The van der Waals surface area contributed by atoms with E-state index in [4.69, 9.17) is 10.2 Å². The van der Waals surface area contributed by atoms with E-state index in [9.17, 15) is 0 Å². The maximum absolute atomic E-state index is 9.08. The Morgan fingerprint density at radius 3 is 1.63 bits per heavy atom. The van der Waals surface area contributed by atoms with Gasteiger partial charge in [0.15, 0.2) is 0 Å². The molecule has 19 heavy (non-hydrogen) atoms. The van der Waals surface area contributed by atoms with E-state index in [0.717, 1.165) is 36.6 Å². The standard InChI is InChI=1S/C16H36NO2/c1-5-16(11-8-14-18,12-9-15-19)10-6-7-13-17(2,3)4/h18-19H,5-15H2,1-4H3/q+1. The molecular formula is C16H36NO2+. The highest BCUT2D eigenvalue weighted by atomic mass is 16.3. The number of quaternary nitrogens is 1. The minimum Gasteiger partial charge on any atom is -0.396 e. The van der Waals surface area contributed by atoms with E-state index in [1.807, 2.05) is 0 Å². The summed E-state index contributed by atoms with van der Waals surface area (Å²) in [6.07, 6.45) is 8.93. The van der Waals surface area contributed by atoms with Crippen LogP contribution < -0.4 is 0 Å². The van der Waals surface area contributed by atoms with Gasteiger partial charge in [-0.1, -0.05) is 13.3 Å². The molecule has 0 saturated carbocycles. The Balaban J connectivity index is 4.22. The average Bonchev–Trinajstić information content (AvgIpc) is 2.36. The van der Waals surface area contributed by atoms with E-state index in [0.29, 0.717) is 18.6 Å². The van der Waals surface area contributed by atoms with Crippen molar-refractivity contribution in [1.82, 2.24) is 0 Å². The molecule has 0 aromatic carbocycles. The van der Waals surface area contributed by atoms with Gasteiger partial charge in [-0.2, -0.15) is 0 Å². The predicted octanol–water partition coefficient (Wildman–Crippen LogP) is 2.80. The lowest BCUT2D eigenvalue weighted by Gasteiger charge is -2.33. The highest BCUT2D eigenvalue weighted by Crippen LogP contribution is 2.38. The molecule has 2 N–H and O–H groups in total. The molecule has 0 saturated heterocycles. The zero-order chi connectivity index (χ0) is 14.8. The maximum Gasteiger partial charge on any atom is 0.0780 e. The molecule has 0 aliphatic carbocycles. The van der Waals surface area contributed by atoms with Crippen molar-refractivity contribution in [3.63, 3.8) is 0 Å². The first-order valence-corrected chi connectivity index (χ1v) is 7.91. The fourth-order valence-corrected chi connectivity index (χ4v) is 2.90. The lowest BCUT2D eigenvalue weighted by atomic mass is 9.73. The molecule has 0 amide bonds. The molecule has 0 spiro atoms. The van der Waals surface area contributed by atoms with E-state index in [1.165, 1.54) is 25.8 Å². The first kappa shape index (κ1) is 18.9. The molecule has 0 aliphatic heterocycles. The van der Waals surface area contributed by atoms with Gasteiger partial charge in [-0.25, -0.2) is 0 Å². The molecule has 0 aromatic rings. The molecule has 0 heterocycles. The minimum atomic E-state index is 0.291. The summed E-state index contributed by atoms with van der Waals surface area (Å²) in [6, 6.07) is 0. The van der Waals surface area contributed by atoms with Gasteiger partial charge in [0, 0.05) is 13.2 Å². The van der Waals surface area contributed by atoms with Crippen molar-refractivity contribution < 1.29 is 14.7 Å². The second-order valence-electron chi connectivity index (χ2n) is 6.98. The Labute approximate surface area is 120 Å². The molecule has 0 unspecified atom stereocenters. The van der Waals surface area contributed by atoms with Gasteiger partial charge in [0.05, 0.1) is 27.7 Å². The van der Waals surface area contributed by atoms with Crippen molar-refractivity contribution in [3.8, 4) is 0 Å². The fraction of sp³-hybridized carbons (Fsp3) is 1.00. The van der Waals surface area contributed by atoms with Crippen LogP contribution in [0.1, 0.15) is 58.3 Å². The molecule has 0 aromatic heterocycles. The molecule has 116 valence electrons. The number of aliphatic hydroxyl groups excluding tert-OH is 2. The molecule has 0 aliphatic rings. The summed E-state index contributed by atoms with van der Waals surface area (Å²) < 4.78 is 1.03. The Morgan fingerprint density at radius 1 is 0.789 bits per heavy atom. The number of hydrogen-bond acceptors (Lipinski definition) is 2. The quantitative estimate of drug-likeness (QED) is 0.424. The zero-order valence-corrected chi connectivity index (χ0v) is 13.6. The normalized spacial score (nSPS) is 12.9. The second kappa shape index (κ2) is 9.73. The molecule has 0 rings (SSSR count). The minimum absolute atomic E-state index is 0.291. The third-order valence-corrected chi connectivity index (χ3v) is 4.27. The van der Waals surface area contributed by atoms with Crippen LogP contribution in [0.25, 0.3) is 0 Å². The average molecular weight is 274 g/mol. The summed E-state index contributed by atoms with van der Waals surface area (Å²) in [5.74, 6) is 0. The topological polar surface area (TPSA) is 40.5 Å². The van der Waals surface area contributed by atoms with Crippen molar-refractivity contribution in [2.45, 2.75) is 58.3 Å². The molecule has 0 atom stereocenters. The summed E-state index contributed by atoms with van der Waals surface area (Å²) in [4.78, 5) is 0. The van der Waals surface area contributed by atoms with Crippen LogP contribution in [0, 0.1) is 5.41 Å². The van der Waals surface area contributed by atoms with Gasteiger partial charge in [0.25, 0.3) is 0 Å². The van der Waals surface area contributed by atoms with Crippen molar-refractivity contribution >= 4 is 0 Å². The van der Waals surface area contributed by atoms with Gasteiger partial charge >= 0.3 is 0 Å². The Morgan fingerprint density at radius 2 is 1.26 bits per heavy atom. The van der Waals surface area contributed by atoms with Crippen LogP contribution in [-0.2, 0) is 0 Å². The van der Waals surface area contributed by atoms with Crippen LogP contribution in [0.5, 0.6) is 0 Å². The zero-order valence-electron chi connectivity index (χ0n) is 13.6. The smallest absolute Gasteiger partial charge is 0.0780 e. The van der Waals surface area contributed by atoms with Crippen LogP contribution in [0.4, 0.5) is 0 Å². The van der Waals surface area contributed by atoms with Gasteiger partial charge in [0.1, 0.15) is 0 Å². The largest absolute Gasteiger partial charge is 0.396 e. The fourth-order valence-electron chi connectivity index (χ4n) is 2.90. The van der Waals surface area contributed by atoms with E-state index in [2.05, 4.69) is 28.1 Å². The van der Waals surface area contributed by atoms with Gasteiger partial charge in [-0.3, -0.25) is 0 Å². The SMILES string of the molecule is CCC(CCCO)(CCCO)CCCC[N+](C)(C)C. The highest BCUT2D eigenvalue weighted by molar-refractivity contribution is 4.78. The Bertz CT molecular complexity index is 203. The summed E-state index contributed by atoms with van der Waals surface area (Å²) in [5, 5.41) is 18.2. The monoisotopic (exact) mass is 274 g/mol. The third-order valence-electron chi connectivity index (χ3n) is 4.27. The Kier molecular flexibility index (Phi) is 9.67. The van der Waals surface area contributed by atoms with Crippen LogP contribution in [0.2, 0.25) is 0 Å². The highest BCUT2D eigenvalue weighted by Gasteiger charge is 2.26. The van der Waals surface area contributed by atoms with Crippen LogP contribution >= 0.6 is 0 Å². The number of rotatable bonds is 12. The van der Waals surface area contributed by atoms with Crippen LogP contribution in [-0.4, -0.2) is 55.6 Å². The summed E-state index contributed by atoms with van der Waals surface area (Å²) >= 11 is 0. The third kappa shape index (κ3) is 9.42. The van der Waals surface area contributed by atoms with E-state index >= 15 is 0 Å². The van der Waals surface area contributed by atoms with Crippen molar-refractivity contribution in [2.24, 2.45) is 5.41 Å². The lowest BCUT2D eigenvalue weighted by Crippen LogP contribution is -2.35. The van der Waals surface area contributed by atoms with Crippen molar-refractivity contribution in [3.05, 3.63) is 0 Å². The molecular weight excluding hydrogens is 238 g/mol. The second-order valence-corrected chi connectivity index (χ2v) is 6.98. The van der Waals surface area contributed by atoms with Gasteiger partial charge in [0.2, 0.25) is 0 Å². The first-order chi connectivity index (χ1) is 8.89. The Hall–Kier alpha value is -0.120. The number of hydrogen-bond donors (Lipinski definition) is 2. The maximum atomic E-state index is 9.08. The van der Waals surface area contributed by atoms with E-state index < -0.39 is 0 Å². The number of nitrogens with zero attached hydrogens (tertiary/aromatic N) is 1. The molecule has 0 radical (unpaired) electrons. The van der Waals surface area contributed by atoms with E-state index in [1.54, 1.807) is 0 Å². The van der Waals surface area contributed by atoms with Crippen LogP contribution in [0.3, 0.4) is 0 Å². The van der Waals surface area contributed by atoms with Crippen LogP contribution in [0.15, 0.2) is 0 Å². The molecule has 3 nitrogen and oxygen atoms in total. The van der Waals surface area contributed by atoms with Gasteiger partial charge < -0.3 is 14.7 Å². The van der Waals surface area contributed by atoms with Crippen molar-refractivity contribution in [1.29, 1.82) is 0 Å².